The van der Waals surface area contributed by atoms with Gasteiger partial charge in [0.25, 0.3) is 5.91 Å². The molecule has 0 atom stereocenters. The normalized spacial score (nSPS) is 10.6. The maximum absolute atomic E-state index is 12.8. The van der Waals surface area contributed by atoms with Gasteiger partial charge in [-0.3, -0.25) is 4.79 Å². The largest absolute Gasteiger partial charge is 0.467 e. The molecule has 0 radical (unpaired) electrons. The number of thiophene rings is 1. The lowest BCUT2D eigenvalue weighted by Gasteiger charge is -2.22. The van der Waals surface area contributed by atoms with Crippen LogP contribution in [0.3, 0.4) is 0 Å². The summed E-state index contributed by atoms with van der Waals surface area (Å²) in [4.78, 5) is 17.4. The molecule has 124 valence electrons. The monoisotopic (exact) mass is 340 g/mol. The Morgan fingerprint density at radius 3 is 2.42 bits per heavy atom. The van der Waals surface area contributed by atoms with Crippen molar-refractivity contribution in [2.75, 3.05) is 19.0 Å². The molecule has 0 aliphatic carbocycles. The second kappa shape index (κ2) is 7.36. The van der Waals surface area contributed by atoms with E-state index in [9.17, 15) is 4.79 Å². The lowest BCUT2D eigenvalue weighted by molar-refractivity contribution is 0.0722. The van der Waals surface area contributed by atoms with Crippen LogP contribution in [0.25, 0.3) is 0 Å². The van der Waals surface area contributed by atoms with E-state index in [2.05, 4.69) is 29.2 Å². The van der Waals surface area contributed by atoms with Crippen molar-refractivity contribution in [2.24, 2.45) is 0 Å². The van der Waals surface area contributed by atoms with Gasteiger partial charge in [0.1, 0.15) is 5.76 Å². The Balaban J connectivity index is 1.80. The molecule has 0 unspecified atom stereocenters. The van der Waals surface area contributed by atoms with E-state index < -0.39 is 0 Å². The van der Waals surface area contributed by atoms with Crippen molar-refractivity contribution in [1.29, 1.82) is 0 Å². The minimum atomic E-state index is 0.0260. The fraction of sp³-hybridized carbons (Fsp3) is 0.211. The van der Waals surface area contributed by atoms with Gasteiger partial charge >= 0.3 is 0 Å². The number of amides is 1. The number of hydrogen-bond donors (Lipinski definition) is 0. The van der Waals surface area contributed by atoms with Crippen LogP contribution in [0.1, 0.15) is 21.0 Å². The maximum Gasteiger partial charge on any atom is 0.264 e. The van der Waals surface area contributed by atoms with Crippen molar-refractivity contribution in [1.82, 2.24) is 4.90 Å². The van der Waals surface area contributed by atoms with Gasteiger partial charge in [-0.15, -0.1) is 11.3 Å². The SMILES string of the molecule is CN(C)c1ccc(CN(Cc2ccco2)C(=O)c2cccs2)cc1. The summed E-state index contributed by atoms with van der Waals surface area (Å²) >= 11 is 1.46. The molecule has 2 heterocycles. The molecule has 1 aromatic carbocycles. The lowest BCUT2D eigenvalue weighted by atomic mass is 10.1. The van der Waals surface area contributed by atoms with Gasteiger partial charge in [0.15, 0.2) is 0 Å². The first-order chi connectivity index (χ1) is 11.6. The van der Waals surface area contributed by atoms with Crippen molar-refractivity contribution < 1.29 is 9.21 Å². The third-order valence-electron chi connectivity index (χ3n) is 3.77. The number of rotatable bonds is 6. The Kier molecular flexibility index (Phi) is 5.01. The number of furan rings is 1. The van der Waals surface area contributed by atoms with Crippen molar-refractivity contribution in [2.45, 2.75) is 13.1 Å². The van der Waals surface area contributed by atoms with E-state index >= 15 is 0 Å². The molecule has 0 N–H and O–H groups in total. The summed E-state index contributed by atoms with van der Waals surface area (Å²) < 4.78 is 5.42. The average Bonchev–Trinajstić information content (AvgIpc) is 3.28. The van der Waals surface area contributed by atoms with Gasteiger partial charge in [-0.25, -0.2) is 0 Å². The topological polar surface area (TPSA) is 36.7 Å². The van der Waals surface area contributed by atoms with Crippen LogP contribution in [-0.2, 0) is 13.1 Å². The Morgan fingerprint density at radius 2 is 1.83 bits per heavy atom. The molecular formula is C19H20N2O2S. The van der Waals surface area contributed by atoms with Crippen LogP contribution in [0.4, 0.5) is 5.69 Å². The molecule has 0 aliphatic rings. The highest BCUT2D eigenvalue weighted by atomic mass is 32.1. The van der Waals surface area contributed by atoms with E-state index in [4.69, 9.17) is 4.42 Å². The molecular weight excluding hydrogens is 320 g/mol. The minimum absolute atomic E-state index is 0.0260. The Morgan fingerprint density at radius 1 is 1.04 bits per heavy atom. The van der Waals surface area contributed by atoms with E-state index in [0.717, 1.165) is 21.9 Å². The predicted octanol–water partition coefficient (Wildman–Crippen LogP) is 4.25. The van der Waals surface area contributed by atoms with Crippen molar-refractivity contribution in [3.05, 3.63) is 76.4 Å². The molecule has 0 saturated carbocycles. The quantitative estimate of drug-likeness (QED) is 0.673. The van der Waals surface area contributed by atoms with Crippen LogP contribution < -0.4 is 4.90 Å². The van der Waals surface area contributed by atoms with E-state index in [1.54, 1.807) is 6.26 Å². The molecule has 0 bridgehead atoms. The maximum atomic E-state index is 12.8. The summed E-state index contributed by atoms with van der Waals surface area (Å²) in [5, 5.41) is 1.92. The zero-order valence-corrected chi connectivity index (χ0v) is 14.6. The highest BCUT2D eigenvalue weighted by Crippen LogP contribution is 2.19. The number of anilines is 1. The number of carbonyl (C=O) groups excluding carboxylic acids is 1. The van der Waals surface area contributed by atoms with Gasteiger partial charge in [-0.2, -0.15) is 0 Å². The molecule has 24 heavy (non-hydrogen) atoms. The highest BCUT2D eigenvalue weighted by molar-refractivity contribution is 7.12. The smallest absolute Gasteiger partial charge is 0.264 e. The van der Waals surface area contributed by atoms with Gasteiger partial charge < -0.3 is 14.2 Å². The van der Waals surface area contributed by atoms with Gasteiger partial charge in [0, 0.05) is 26.3 Å². The summed E-state index contributed by atoms with van der Waals surface area (Å²) in [5.74, 6) is 0.808. The van der Waals surface area contributed by atoms with Crippen LogP contribution >= 0.6 is 11.3 Å². The average molecular weight is 340 g/mol. The standard InChI is InChI=1S/C19H20N2O2S/c1-20(2)16-9-7-15(8-10-16)13-21(14-17-5-3-11-23-17)19(22)18-6-4-12-24-18/h3-12H,13-14H2,1-2H3. The molecule has 4 nitrogen and oxygen atoms in total. The molecule has 1 amide bonds. The molecule has 0 spiro atoms. The second-order valence-corrected chi connectivity index (χ2v) is 6.73. The minimum Gasteiger partial charge on any atom is -0.467 e. The van der Waals surface area contributed by atoms with Crippen LogP contribution in [0, 0.1) is 0 Å². The third kappa shape index (κ3) is 3.86. The van der Waals surface area contributed by atoms with Gasteiger partial charge in [-0.1, -0.05) is 18.2 Å². The fourth-order valence-corrected chi connectivity index (χ4v) is 3.16. The molecule has 0 saturated heterocycles. The third-order valence-corrected chi connectivity index (χ3v) is 4.63. The number of nitrogens with zero attached hydrogens (tertiary/aromatic N) is 2. The highest BCUT2D eigenvalue weighted by Gasteiger charge is 2.18. The summed E-state index contributed by atoms with van der Waals surface area (Å²) in [6.07, 6.45) is 1.63. The van der Waals surface area contributed by atoms with Crippen molar-refractivity contribution in [3.63, 3.8) is 0 Å². The zero-order chi connectivity index (χ0) is 16.9. The Bertz CT molecular complexity index is 762. The van der Waals surface area contributed by atoms with Gasteiger partial charge in [0.05, 0.1) is 17.7 Å². The first-order valence-corrected chi connectivity index (χ1v) is 8.63. The predicted molar refractivity (Wildman–Crippen MR) is 97.4 cm³/mol. The molecule has 0 fully saturated rings. The molecule has 3 rings (SSSR count). The lowest BCUT2D eigenvalue weighted by Crippen LogP contribution is -2.29. The molecule has 3 aromatic rings. The second-order valence-electron chi connectivity index (χ2n) is 5.78. The van der Waals surface area contributed by atoms with E-state index in [0.29, 0.717) is 13.1 Å². The van der Waals surface area contributed by atoms with Crippen LogP contribution in [0.2, 0.25) is 0 Å². The molecule has 2 aromatic heterocycles. The first kappa shape index (κ1) is 16.3. The van der Waals surface area contributed by atoms with E-state index in [-0.39, 0.29) is 5.91 Å². The Labute approximate surface area is 145 Å². The Hall–Kier alpha value is -2.53. The zero-order valence-electron chi connectivity index (χ0n) is 13.8. The summed E-state index contributed by atoms with van der Waals surface area (Å²) in [6, 6.07) is 15.7. The summed E-state index contributed by atoms with van der Waals surface area (Å²) in [6.45, 7) is 1.00. The number of hydrogen-bond acceptors (Lipinski definition) is 4. The molecule has 0 aliphatic heterocycles. The van der Waals surface area contributed by atoms with E-state index in [1.807, 2.05) is 48.6 Å². The van der Waals surface area contributed by atoms with Crippen molar-refractivity contribution >= 4 is 22.9 Å². The van der Waals surface area contributed by atoms with E-state index in [1.165, 1.54) is 11.3 Å². The first-order valence-electron chi connectivity index (χ1n) is 7.75. The van der Waals surface area contributed by atoms with Crippen LogP contribution in [0.5, 0.6) is 0 Å². The molecule has 5 heteroatoms. The van der Waals surface area contributed by atoms with Gasteiger partial charge in [-0.05, 0) is 41.3 Å². The summed E-state index contributed by atoms with van der Waals surface area (Å²) in [5.41, 5.74) is 2.23. The van der Waals surface area contributed by atoms with Crippen LogP contribution in [0.15, 0.2) is 64.6 Å². The van der Waals surface area contributed by atoms with Crippen LogP contribution in [-0.4, -0.2) is 24.9 Å². The van der Waals surface area contributed by atoms with Gasteiger partial charge in [0.2, 0.25) is 0 Å². The number of benzene rings is 1. The summed E-state index contributed by atoms with van der Waals surface area (Å²) in [7, 11) is 4.02. The van der Waals surface area contributed by atoms with Crippen molar-refractivity contribution in [3.8, 4) is 0 Å². The number of carbonyl (C=O) groups is 1. The fourth-order valence-electron chi connectivity index (χ4n) is 2.47.